The van der Waals surface area contributed by atoms with E-state index in [4.69, 9.17) is 14.2 Å². The van der Waals surface area contributed by atoms with Gasteiger partial charge in [0.25, 0.3) is 5.91 Å². The topological polar surface area (TPSA) is 156 Å². The van der Waals surface area contributed by atoms with E-state index in [9.17, 15) is 23.1 Å². The number of ether oxygens (including phenoxy) is 3. The largest absolute Gasteiger partial charge is 0.443 e. The Morgan fingerprint density at radius 3 is 2.54 bits per heavy atom. The second kappa shape index (κ2) is 15.4. The van der Waals surface area contributed by atoms with Crippen LogP contribution in [0.15, 0.2) is 59.1 Å². The number of rotatable bonds is 14. The zero-order valence-corrected chi connectivity index (χ0v) is 29.1. The molecule has 3 aliphatic heterocycles. The number of fused-ring (bicyclic) bond motifs is 2. The summed E-state index contributed by atoms with van der Waals surface area (Å²) in [6, 6.07) is 13.1. The van der Waals surface area contributed by atoms with Crippen LogP contribution in [0.2, 0.25) is 0 Å². The van der Waals surface area contributed by atoms with E-state index in [-0.39, 0.29) is 55.0 Å². The molecule has 5 atom stereocenters. The summed E-state index contributed by atoms with van der Waals surface area (Å²) in [5.74, 6) is -0.0789. The molecular formula is C35H48N4O8S. The highest BCUT2D eigenvalue weighted by Crippen LogP contribution is 2.36. The molecule has 3 heterocycles. The number of carbonyl (C=O) groups is 2. The summed E-state index contributed by atoms with van der Waals surface area (Å²) >= 11 is 0. The molecule has 0 radical (unpaired) electrons. The molecule has 262 valence electrons. The molecule has 0 bridgehead atoms. The summed E-state index contributed by atoms with van der Waals surface area (Å²) in [6.07, 6.45) is -1.90. The van der Waals surface area contributed by atoms with E-state index < -0.39 is 34.4 Å². The van der Waals surface area contributed by atoms with Crippen molar-refractivity contribution < 1.29 is 37.3 Å². The van der Waals surface area contributed by atoms with Gasteiger partial charge in [0.05, 0.1) is 41.7 Å². The van der Waals surface area contributed by atoms with Gasteiger partial charge in [-0.15, -0.1) is 0 Å². The first-order chi connectivity index (χ1) is 22.8. The van der Waals surface area contributed by atoms with Gasteiger partial charge in [-0.1, -0.05) is 58.0 Å². The number of nitrogens with one attached hydrogen (secondary N) is 3. The second-order valence-electron chi connectivity index (χ2n) is 13.6. The number of sulfonamides is 1. The van der Waals surface area contributed by atoms with Crippen molar-refractivity contribution in [2.45, 2.75) is 76.9 Å². The number of anilines is 1. The Balaban J connectivity index is 1.38. The van der Waals surface area contributed by atoms with Crippen LogP contribution in [-0.4, -0.2) is 87.2 Å². The van der Waals surface area contributed by atoms with E-state index in [0.717, 1.165) is 12.0 Å². The van der Waals surface area contributed by atoms with Gasteiger partial charge in [0.2, 0.25) is 10.0 Å². The number of aliphatic hydroxyl groups excluding tert-OH is 1. The Labute approximate surface area is 283 Å². The first-order valence-corrected chi connectivity index (χ1v) is 18.1. The molecule has 13 heteroatoms. The van der Waals surface area contributed by atoms with Gasteiger partial charge in [0.15, 0.2) is 6.29 Å². The van der Waals surface area contributed by atoms with Gasteiger partial charge in [-0.3, -0.25) is 4.79 Å². The Hall–Kier alpha value is -3.49. The SMILES string of the molecule is C/C(NCC(C)C)=C1\C(=O)Nc2ccc(S(=O)(=O)N(CC(C)C)CC(O)C(Cc3ccccc3)NC(=O)OC3COC4OCCC34)cc21. The summed E-state index contributed by atoms with van der Waals surface area (Å²) < 4.78 is 46.6. The van der Waals surface area contributed by atoms with E-state index in [2.05, 4.69) is 29.8 Å². The fourth-order valence-electron chi connectivity index (χ4n) is 6.31. The van der Waals surface area contributed by atoms with Crippen molar-refractivity contribution in [3.63, 3.8) is 0 Å². The summed E-state index contributed by atoms with van der Waals surface area (Å²) in [7, 11) is -4.15. The Morgan fingerprint density at radius 1 is 1.08 bits per heavy atom. The lowest BCUT2D eigenvalue weighted by Gasteiger charge is -2.31. The maximum atomic E-state index is 14.3. The zero-order chi connectivity index (χ0) is 34.6. The average molecular weight is 685 g/mol. The van der Waals surface area contributed by atoms with Crippen molar-refractivity contribution in [3.05, 3.63) is 65.4 Å². The lowest BCUT2D eigenvalue weighted by atomic mass is 10.0. The number of hydrogen-bond donors (Lipinski definition) is 4. The van der Waals surface area contributed by atoms with Gasteiger partial charge in [-0.25, -0.2) is 13.2 Å². The Kier molecular flexibility index (Phi) is 11.5. The minimum Gasteiger partial charge on any atom is -0.443 e. The van der Waals surface area contributed by atoms with Crippen molar-refractivity contribution in [3.8, 4) is 0 Å². The molecule has 2 aromatic rings. The lowest BCUT2D eigenvalue weighted by molar-refractivity contribution is -0.110. The van der Waals surface area contributed by atoms with Crippen LogP contribution in [0.1, 0.15) is 52.2 Å². The van der Waals surface area contributed by atoms with Crippen molar-refractivity contribution in [2.75, 3.05) is 38.2 Å². The van der Waals surface area contributed by atoms with Crippen molar-refractivity contribution in [2.24, 2.45) is 17.8 Å². The third-order valence-corrected chi connectivity index (χ3v) is 10.6. The lowest BCUT2D eigenvalue weighted by Crippen LogP contribution is -2.51. The molecule has 0 aromatic heterocycles. The van der Waals surface area contributed by atoms with Crippen LogP contribution in [-0.2, 0) is 35.4 Å². The minimum absolute atomic E-state index is 0.00121. The molecule has 4 N–H and O–H groups in total. The first kappa shape index (κ1) is 35.8. The predicted octanol–water partition coefficient (Wildman–Crippen LogP) is 3.72. The van der Waals surface area contributed by atoms with Crippen LogP contribution in [0.3, 0.4) is 0 Å². The maximum Gasteiger partial charge on any atom is 0.407 e. The highest BCUT2D eigenvalue weighted by atomic mass is 32.2. The van der Waals surface area contributed by atoms with Gasteiger partial charge in [-0.05, 0) is 55.4 Å². The van der Waals surface area contributed by atoms with Crippen LogP contribution in [0.25, 0.3) is 5.57 Å². The normalized spacial score (nSPS) is 22.8. The van der Waals surface area contributed by atoms with Gasteiger partial charge in [0.1, 0.15) is 6.10 Å². The molecule has 0 aliphatic carbocycles. The van der Waals surface area contributed by atoms with Crippen LogP contribution in [0, 0.1) is 17.8 Å². The summed E-state index contributed by atoms with van der Waals surface area (Å²) in [4.78, 5) is 26.1. The van der Waals surface area contributed by atoms with Crippen molar-refractivity contribution in [1.82, 2.24) is 14.9 Å². The van der Waals surface area contributed by atoms with Crippen molar-refractivity contribution in [1.29, 1.82) is 0 Å². The molecule has 12 nitrogen and oxygen atoms in total. The van der Waals surface area contributed by atoms with Crippen LogP contribution in [0.5, 0.6) is 0 Å². The zero-order valence-electron chi connectivity index (χ0n) is 28.3. The quantitative estimate of drug-likeness (QED) is 0.218. The third kappa shape index (κ3) is 8.38. The van der Waals surface area contributed by atoms with E-state index in [1.807, 2.05) is 44.2 Å². The van der Waals surface area contributed by atoms with Crippen LogP contribution in [0.4, 0.5) is 10.5 Å². The molecule has 2 amide bonds. The third-order valence-electron chi connectivity index (χ3n) is 8.79. The number of allylic oxidation sites excluding steroid dienone is 1. The van der Waals surface area contributed by atoms with Gasteiger partial charge in [-0.2, -0.15) is 4.31 Å². The number of benzene rings is 2. The molecule has 5 unspecified atom stereocenters. The number of amides is 2. The first-order valence-electron chi connectivity index (χ1n) is 16.7. The molecule has 2 saturated heterocycles. The summed E-state index contributed by atoms with van der Waals surface area (Å²) in [5, 5.41) is 20.6. The molecule has 48 heavy (non-hydrogen) atoms. The molecule has 3 aliphatic rings. The minimum atomic E-state index is -4.15. The van der Waals surface area contributed by atoms with Crippen LogP contribution >= 0.6 is 0 Å². The van der Waals surface area contributed by atoms with E-state index in [1.165, 1.54) is 16.4 Å². The highest BCUT2D eigenvalue weighted by Gasteiger charge is 2.44. The fourth-order valence-corrected chi connectivity index (χ4v) is 7.96. The molecule has 0 spiro atoms. The molecular weight excluding hydrogens is 636 g/mol. The van der Waals surface area contributed by atoms with E-state index >= 15 is 0 Å². The highest BCUT2D eigenvalue weighted by molar-refractivity contribution is 7.89. The fraction of sp³-hybridized carbons (Fsp3) is 0.543. The van der Waals surface area contributed by atoms with Gasteiger partial charge >= 0.3 is 6.09 Å². The van der Waals surface area contributed by atoms with Crippen LogP contribution < -0.4 is 16.0 Å². The monoisotopic (exact) mass is 684 g/mol. The van der Waals surface area contributed by atoms with Crippen molar-refractivity contribution >= 4 is 33.3 Å². The maximum absolute atomic E-state index is 14.3. The number of carbonyl (C=O) groups excluding carboxylic acids is 2. The van der Waals surface area contributed by atoms with E-state index in [0.29, 0.717) is 41.6 Å². The average Bonchev–Trinajstić information content (AvgIpc) is 3.74. The predicted molar refractivity (Wildman–Crippen MR) is 181 cm³/mol. The second-order valence-corrected chi connectivity index (χ2v) is 15.6. The van der Waals surface area contributed by atoms with E-state index in [1.54, 1.807) is 13.0 Å². The molecule has 2 fully saturated rings. The Bertz CT molecular complexity index is 1600. The standard InChI is InChI=1S/C35H48N4O8S/c1-21(2)17-36-23(5)32-27-16-25(11-12-28(27)37-33(32)41)48(43,44)39(18-22(3)4)19-30(40)29(15-24-9-7-6-8-10-24)38-35(42)47-31-20-46-34-26(31)13-14-45-34/h6-12,16,21-22,26,29-31,34,36,40H,13-15,17-20H2,1-5H3,(H,37,41)(H,38,42)/b32-23+. The van der Waals surface area contributed by atoms with Gasteiger partial charge in [0, 0.05) is 36.6 Å². The number of alkyl carbamates (subject to hydrolysis) is 1. The molecule has 5 rings (SSSR count). The molecule has 0 saturated carbocycles. The number of nitrogens with zero attached hydrogens (tertiary/aromatic N) is 1. The smallest absolute Gasteiger partial charge is 0.407 e. The molecule has 2 aromatic carbocycles. The summed E-state index contributed by atoms with van der Waals surface area (Å²) in [6.45, 7) is 11.0. The number of aliphatic hydroxyl groups is 1. The summed E-state index contributed by atoms with van der Waals surface area (Å²) in [5.41, 5.74) is 2.93. The van der Waals surface area contributed by atoms with Gasteiger partial charge < -0.3 is 35.3 Å². The Morgan fingerprint density at radius 2 is 1.83 bits per heavy atom. The number of hydrogen-bond acceptors (Lipinski definition) is 9.